The van der Waals surface area contributed by atoms with Crippen molar-refractivity contribution in [2.24, 2.45) is 11.1 Å². The molecule has 0 rings (SSSR count). The minimum atomic E-state index is -0.0680. The molecule has 1 amide bonds. The van der Waals surface area contributed by atoms with Crippen LogP contribution in [-0.2, 0) is 9.53 Å². The zero-order chi connectivity index (χ0) is 15.1. The van der Waals surface area contributed by atoms with Gasteiger partial charge in [0.2, 0.25) is 5.91 Å². The molecule has 0 aromatic heterocycles. The number of rotatable bonds is 8. The predicted octanol–water partition coefficient (Wildman–Crippen LogP) is 2.41. The van der Waals surface area contributed by atoms with E-state index >= 15 is 0 Å². The highest BCUT2D eigenvalue weighted by molar-refractivity contribution is 5.77. The third kappa shape index (κ3) is 8.22. The summed E-state index contributed by atoms with van der Waals surface area (Å²) >= 11 is 0. The van der Waals surface area contributed by atoms with E-state index in [2.05, 4.69) is 34.6 Å². The quantitative estimate of drug-likeness (QED) is 0.738. The number of carbonyl (C=O) groups is 1. The summed E-state index contributed by atoms with van der Waals surface area (Å²) in [7, 11) is 1.66. The van der Waals surface area contributed by atoms with E-state index in [1.54, 1.807) is 7.11 Å². The minimum absolute atomic E-state index is 0.0680. The number of hydrogen-bond acceptors (Lipinski definition) is 3. The number of nitrogens with zero attached hydrogens (tertiary/aromatic N) is 1. The second-order valence-electron chi connectivity index (χ2n) is 6.57. The molecule has 0 aliphatic rings. The van der Waals surface area contributed by atoms with Gasteiger partial charge >= 0.3 is 0 Å². The summed E-state index contributed by atoms with van der Waals surface area (Å²) in [6.45, 7) is 11.8. The number of methoxy groups -OCH3 is 1. The smallest absolute Gasteiger partial charge is 0.224 e. The standard InChI is InChI=1S/C15H32N2O2/c1-7-12(2)17(8-9-19-6)14(18)10-13(16)11-15(3,4)5/h12-13H,7-11,16H2,1-6H3. The molecule has 0 radical (unpaired) electrons. The second kappa shape index (κ2) is 8.54. The first kappa shape index (κ1) is 18.4. The summed E-state index contributed by atoms with van der Waals surface area (Å²) in [5.74, 6) is 0.142. The van der Waals surface area contributed by atoms with Gasteiger partial charge in [0.15, 0.2) is 0 Å². The molecule has 0 bridgehead atoms. The number of ether oxygens (including phenoxy) is 1. The topological polar surface area (TPSA) is 55.6 Å². The van der Waals surface area contributed by atoms with Crippen molar-refractivity contribution in [1.29, 1.82) is 0 Å². The van der Waals surface area contributed by atoms with Gasteiger partial charge in [0.05, 0.1) is 6.61 Å². The number of carbonyl (C=O) groups excluding carboxylic acids is 1. The van der Waals surface area contributed by atoms with Gasteiger partial charge in [-0.2, -0.15) is 0 Å². The Balaban J connectivity index is 4.46. The van der Waals surface area contributed by atoms with Crippen molar-refractivity contribution in [2.75, 3.05) is 20.3 Å². The lowest BCUT2D eigenvalue weighted by Gasteiger charge is -2.30. The van der Waals surface area contributed by atoms with Crippen molar-refractivity contribution in [3.63, 3.8) is 0 Å². The van der Waals surface area contributed by atoms with Crippen LogP contribution in [0.4, 0.5) is 0 Å². The molecular weight excluding hydrogens is 240 g/mol. The lowest BCUT2D eigenvalue weighted by Crippen LogP contribution is -2.43. The van der Waals surface area contributed by atoms with Crippen molar-refractivity contribution in [3.8, 4) is 0 Å². The SMILES string of the molecule is CCC(C)N(CCOC)C(=O)CC(N)CC(C)(C)C. The number of amides is 1. The molecule has 2 atom stereocenters. The van der Waals surface area contributed by atoms with Gasteiger partial charge in [-0.15, -0.1) is 0 Å². The second-order valence-corrected chi connectivity index (χ2v) is 6.57. The van der Waals surface area contributed by atoms with Crippen LogP contribution in [0.3, 0.4) is 0 Å². The van der Waals surface area contributed by atoms with Crippen LogP contribution in [0.25, 0.3) is 0 Å². The predicted molar refractivity (Wildman–Crippen MR) is 80.0 cm³/mol. The van der Waals surface area contributed by atoms with Gasteiger partial charge in [0.1, 0.15) is 0 Å². The summed E-state index contributed by atoms with van der Waals surface area (Å²) in [5, 5.41) is 0. The molecule has 0 heterocycles. The van der Waals surface area contributed by atoms with Gasteiger partial charge in [-0.05, 0) is 25.2 Å². The average molecular weight is 272 g/mol. The first-order valence-corrected chi connectivity index (χ1v) is 7.25. The molecule has 0 aromatic rings. The Morgan fingerprint density at radius 1 is 1.37 bits per heavy atom. The summed E-state index contributed by atoms with van der Waals surface area (Å²) in [5.41, 5.74) is 6.25. The monoisotopic (exact) mass is 272 g/mol. The third-order valence-electron chi connectivity index (χ3n) is 3.29. The van der Waals surface area contributed by atoms with Gasteiger partial charge in [-0.3, -0.25) is 4.79 Å². The van der Waals surface area contributed by atoms with E-state index in [-0.39, 0.29) is 23.4 Å². The van der Waals surface area contributed by atoms with Crippen molar-refractivity contribution in [2.45, 2.75) is 66.0 Å². The van der Waals surface area contributed by atoms with E-state index in [0.717, 1.165) is 12.8 Å². The molecule has 2 unspecified atom stereocenters. The lowest BCUT2D eigenvalue weighted by atomic mass is 9.87. The highest BCUT2D eigenvalue weighted by Gasteiger charge is 2.23. The normalized spacial score (nSPS) is 15.1. The molecule has 0 saturated carbocycles. The Hall–Kier alpha value is -0.610. The first-order valence-electron chi connectivity index (χ1n) is 7.25. The molecule has 4 nitrogen and oxygen atoms in total. The Morgan fingerprint density at radius 2 is 1.95 bits per heavy atom. The largest absolute Gasteiger partial charge is 0.383 e. The summed E-state index contributed by atoms with van der Waals surface area (Å²) in [4.78, 5) is 14.2. The van der Waals surface area contributed by atoms with E-state index < -0.39 is 0 Å². The Labute approximate surface area is 118 Å². The van der Waals surface area contributed by atoms with Gasteiger partial charge in [-0.25, -0.2) is 0 Å². The maximum absolute atomic E-state index is 12.3. The van der Waals surface area contributed by atoms with Crippen LogP contribution >= 0.6 is 0 Å². The van der Waals surface area contributed by atoms with Crippen molar-refractivity contribution >= 4 is 5.91 Å². The molecule has 2 N–H and O–H groups in total. The highest BCUT2D eigenvalue weighted by Crippen LogP contribution is 2.21. The van der Waals surface area contributed by atoms with Crippen LogP contribution in [0, 0.1) is 5.41 Å². The molecule has 0 spiro atoms. The van der Waals surface area contributed by atoms with E-state index in [1.165, 1.54) is 0 Å². The summed E-state index contributed by atoms with van der Waals surface area (Å²) in [6.07, 6.45) is 2.23. The Kier molecular flexibility index (Phi) is 8.26. The van der Waals surface area contributed by atoms with Crippen molar-refractivity contribution < 1.29 is 9.53 Å². The minimum Gasteiger partial charge on any atom is -0.383 e. The maximum Gasteiger partial charge on any atom is 0.224 e. The highest BCUT2D eigenvalue weighted by atomic mass is 16.5. The Morgan fingerprint density at radius 3 is 2.37 bits per heavy atom. The van der Waals surface area contributed by atoms with E-state index in [9.17, 15) is 4.79 Å². The van der Waals surface area contributed by atoms with E-state index in [4.69, 9.17) is 10.5 Å². The van der Waals surface area contributed by atoms with Crippen LogP contribution in [0.1, 0.15) is 53.9 Å². The van der Waals surface area contributed by atoms with Gasteiger partial charge in [0.25, 0.3) is 0 Å². The maximum atomic E-state index is 12.3. The summed E-state index contributed by atoms with van der Waals surface area (Å²) < 4.78 is 5.08. The molecule has 0 aromatic carbocycles. The average Bonchev–Trinajstić information content (AvgIpc) is 2.26. The van der Waals surface area contributed by atoms with Gasteiger partial charge < -0.3 is 15.4 Å². The van der Waals surface area contributed by atoms with Crippen LogP contribution in [0.15, 0.2) is 0 Å². The third-order valence-corrected chi connectivity index (χ3v) is 3.29. The fourth-order valence-corrected chi connectivity index (χ4v) is 2.20. The molecule has 114 valence electrons. The summed E-state index contributed by atoms with van der Waals surface area (Å²) in [6, 6.07) is 0.172. The van der Waals surface area contributed by atoms with Crippen LogP contribution < -0.4 is 5.73 Å². The number of nitrogens with two attached hydrogens (primary N) is 1. The zero-order valence-electron chi connectivity index (χ0n) is 13.5. The first-order chi connectivity index (χ1) is 8.71. The fourth-order valence-electron chi connectivity index (χ4n) is 2.20. The molecule has 0 aliphatic heterocycles. The molecule has 0 aliphatic carbocycles. The zero-order valence-corrected chi connectivity index (χ0v) is 13.5. The number of hydrogen-bond donors (Lipinski definition) is 1. The van der Waals surface area contributed by atoms with Crippen LogP contribution in [0.2, 0.25) is 0 Å². The van der Waals surface area contributed by atoms with Crippen LogP contribution in [0.5, 0.6) is 0 Å². The molecule has 19 heavy (non-hydrogen) atoms. The van der Waals surface area contributed by atoms with Gasteiger partial charge in [-0.1, -0.05) is 27.7 Å². The Bertz CT molecular complexity index is 261. The molecule has 4 heteroatoms. The lowest BCUT2D eigenvalue weighted by molar-refractivity contribution is -0.134. The molecule has 0 fully saturated rings. The van der Waals surface area contributed by atoms with Crippen molar-refractivity contribution in [1.82, 2.24) is 4.90 Å². The fraction of sp³-hybridized carbons (Fsp3) is 0.933. The van der Waals surface area contributed by atoms with E-state index in [1.807, 2.05) is 4.90 Å². The van der Waals surface area contributed by atoms with Crippen molar-refractivity contribution in [3.05, 3.63) is 0 Å². The molecule has 0 saturated heterocycles. The molecular formula is C15H32N2O2. The van der Waals surface area contributed by atoms with Crippen LogP contribution in [-0.4, -0.2) is 43.2 Å². The van der Waals surface area contributed by atoms with E-state index in [0.29, 0.717) is 19.6 Å². The van der Waals surface area contributed by atoms with Gasteiger partial charge in [0, 0.05) is 32.2 Å².